The Morgan fingerprint density at radius 3 is 2.29 bits per heavy atom. The minimum Gasteiger partial charge on any atom is -0.270 e. The van der Waals surface area contributed by atoms with Gasteiger partial charge >= 0.3 is 8.18 Å². The molecule has 88 valence electrons. The zero-order valence-electron chi connectivity index (χ0n) is 9.04. The number of rotatable bonds is 4. The Balaban J connectivity index is 1.94. The van der Waals surface area contributed by atoms with Gasteiger partial charge in [-0.05, 0) is 14.8 Å². The summed E-state index contributed by atoms with van der Waals surface area (Å²) < 4.78 is 17.4. The van der Waals surface area contributed by atoms with Crippen molar-refractivity contribution < 1.29 is 18.7 Å². The lowest BCUT2D eigenvalue weighted by molar-refractivity contribution is -0.132. The monoisotopic (exact) mass is 252 g/mol. The van der Waals surface area contributed by atoms with E-state index in [9.17, 15) is 14.2 Å². The van der Waals surface area contributed by atoms with Crippen LogP contribution in [0.3, 0.4) is 0 Å². The molecule has 0 bridgehead atoms. The highest BCUT2D eigenvalue weighted by molar-refractivity contribution is 7.38. The van der Waals surface area contributed by atoms with Gasteiger partial charge in [-0.2, -0.15) is 0 Å². The third-order valence-corrected chi connectivity index (χ3v) is 3.50. The zero-order valence-corrected chi connectivity index (χ0v) is 9.93. The molecule has 1 fully saturated rings. The molecule has 1 aliphatic rings. The molecule has 1 unspecified atom stereocenters. The Hall–Kier alpha value is -1.58. The summed E-state index contributed by atoms with van der Waals surface area (Å²) in [6, 6.07) is 9.15. The molecule has 0 spiro atoms. The smallest absolute Gasteiger partial charge is 0.270 e. The number of carbonyl (C=O) groups excluding carboxylic acids is 2. The highest BCUT2D eigenvalue weighted by Crippen LogP contribution is 2.34. The Morgan fingerprint density at radius 2 is 1.71 bits per heavy atom. The lowest BCUT2D eigenvalue weighted by Crippen LogP contribution is -2.21. The van der Waals surface area contributed by atoms with Crippen molar-refractivity contribution >= 4 is 20.0 Å². The molecule has 17 heavy (non-hydrogen) atoms. The molecule has 0 saturated carbocycles. The van der Waals surface area contributed by atoms with Crippen LogP contribution in [-0.2, 0) is 25.3 Å². The molecule has 1 aliphatic heterocycles. The molecule has 0 radical (unpaired) electrons. The van der Waals surface area contributed by atoms with Gasteiger partial charge in [0.2, 0.25) is 0 Å². The van der Waals surface area contributed by atoms with Gasteiger partial charge in [0, 0.05) is 12.8 Å². The summed E-state index contributed by atoms with van der Waals surface area (Å²) in [6.45, 7) is 0.118. The van der Waals surface area contributed by atoms with Crippen LogP contribution in [0, 0.1) is 0 Å². The molecule has 1 aromatic rings. The second kappa shape index (κ2) is 5.17. The molecular formula is C11H11NO4P+. The summed E-state index contributed by atoms with van der Waals surface area (Å²) in [6.07, 6.45) is 0.239. The maximum Gasteiger partial charge on any atom is 0.656 e. The first-order valence-corrected chi connectivity index (χ1v) is 6.31. The SMILES string of the molecule is O=C1CCC(=O)N1[P+](=O)OCc1ccccc1. The third-order valence-electron chi connectivity index (χ3n) is 2.37. The second-order valence-electron chi connectivity index (χ2n) is 3.60. The van der Waals surface area contributed by atoms with E-state index in [0.29, 0.717) is 0 Å². The number of hydrogen-bond donors (Lipinski definition) is 0. The summed E-state index contributed by atoms with van der Waals surface area (Å²) >= 11 is 0. The Bertz CT molecular complexity index is 444. The van der Waals surface area contributed by atoms with Crippen LogP contribution in [0.5, 0.6) is 0 Å². The molecule has 0 aliphatic carbocycles. The summed E-state index contributed by atoms with van der Waals surface area (Å²) in [7, 11) is -2.40. The average molecular weight is 252 g/mol. The van der Waals surface area contributed by atoms with Crippen LogP contribution in [0.15, 0.2) is 30.3 Å². The van der Waals surface area contributed by atoms with Crippen molar-refractivity contribution in [2.24, 2.45) is 0 Å². The van der Waals surface area contributed by atoms with Gasteiger partial charge < -0.3 is 0 Å². The quantitative estimate of drug-likeness (QED) is 0.607. The summed E-state index contributed by atoms with van der Waals surface area (Å²) in [5, 5.41) is 0. The number of carbonyl (C=O) groups is 2. The first-order valence-electron chi connectivity index (χ1n) is 5.18. The van der Waals surface area contributed by atoms with E-state index < -0.39 is 20.0 Å². The molecule has 5 nitrogen and oxygen atoms in total. The molecule has 6 heteroatoms. The average Bonchev–Trinajstić information content (AvgIpc) is 2.67. The summed E-state index contributed by atoms with van der Waals surface area (Å²) in [5.41, 5.74) is 0.843. The van der Waals surface area contributed by atoms with E-state index in [1.54, 1.807) is 0 Å². The number of benzene rings is 1. The minimum atomic E-state index is -2.40. The Morgan fingerprint density at radius 1 is 1.12 bits per heavy atom. The van der Waals surface area contributed by atoms with Crippen molar-refractivity contribution in [3.05, 3.63) is 35.9 Å². The fourth-order valence-electron chi connectivity index (χ4n) is 1.51. The van der Waals surface area contributed by atoms with Crippen molar-refractivity contribution in [2.75, 3.05) is 0 Å². The highest BCUT2D eigenvalue weighted by Gasteiger charge is 2.45. The Kier molecular flexibility index (Phi) is 3.61. The number of nitrogens with zero attached hydrogens (tertiary/aromatic N) is 1. The van der Waals surface area contributed by atoms with Gasteiger partial charge in [0.05, 0.1) is 0 Å². The largest absolute Gasteiger partial charge is 0.656 e. The molecular weight excluding hydrogens is 241 g/mol. The van der Waals surface area contributed by atoms with Crippen molar-refractivity contribution in [3.63, 3.8) is 0 Å². The van der Waals surface area contributed by atoms with Crippen LogP contribution in [0.1, 0.15) is 18.4 Å². The molecule has 0 aromatic heterocycles. The maximum atomic E-state index is 11.6. The molecule has 2 rings (SSSR count). The van der Waals surface area contributed by atoms with Crippen molar-refractivity contribution in [3.8, 4) is 0 Å². The normalized spacial score (nSPS) is 16.5. The zero-order chi connectivity index (χ0) is 12.3. The van der Waals surface area contributed by atoms with Crippen LogP contribution in [0.4, 0.5) is 0 Å². The van der Waals surface area contributed by atoms with E-state index >= 15 is 0 Å². The predicted molar refractivity (Wildman–Crippen MR) is 59.9 cm³/mol. The lowest BCUT2D eigenvalue weighted by Gasteiger charge is -1.98. The fourth-order valence-corrected chi connectivity index (χ4v) is 2.45. The molecule has 0 N–H and O–H groups in total. The van der Waals surface area contributed by atoms with Crippen LogP contribution in [-0.4, -0.2) is 16.5 Å². The maximum absolute atomic E-state index is 11.6. The van der Waals surface area contributed by atoms with Crippen molar-refractivity contribution in [1.82, 2.24) is 4.67 Å². The van der Waals surface area contributed by atoms with Crippen molar-refractivity contribution in [1.29, 1.82) is 0 Å². The van der Waals surface area contributed by atoms with Gasteiger partial charge in [-0.25, -0.2) is 0 Å². The lowest BCUT2D eigenvalue weighted by atomic mass is 10.2. The van der Waals surface area contributed by atoms with E-state index in [2.05, 4.69) is 0 Å². The highest BCUT2D eigenvalue weighted by atomic mass is 31.1. The van der Waals surface area contributed by atoms with Gasteiger partial charge in [-0.15, -0.1) is 4.52 Å². The molecule has 1 atom stereocenters. The van der Waals surface area contributed by atoms with E-state index in [1.807, 2.05) is 30.3 Å². The van der Waals surface area contributed by atoms with E-state index in [1.165, 1.54) is 0 Å². The summed E-state index contributed by atoms with van der Waals surface area (Å²) in [5.74, 6) is -0.853. The molecule has 1 saturated heterocycles. The van der Waals surface area contributed by atoms with Gasteiger partial charge in [0.15, 0.2) is 0 Å². The van der Waals surface area contributed by atoms with Gasteiger partial charge in [-0.3, -0.25) is 9.59 Å². The van der Waals surface area contributed by atoms with Gasteiger partial charge in [0.1, 0.15) is 6.61 Å². The molecule has 2 amide bonds. The van der Waals surface area contributed by atoms with Gasteiger partial charge in [0.25, 0.3) is 11.8 Å². The number of imide groups is 1. The second-order valence-corrected chi connectivity index (χ2v) is 4.73. The van der Waals surface area contributed by atoms with Crippen LogP contribution >= 0.6 is 8.18 Å². The Labute approximate surface area is 99.3 Å². The van der Waals surface area contributed by atoms with E-state index in [4.69, 9.17) is 4.52 Å². The minimum absolute atomic E-state index is 0.118. The van der Waals surface area contributed by atoms with E-state index in [-0.39, 0.29) is 19.4 Å². The summed E-state index contributed by atoms with van der Waals surface area (Å²) in [4.78, 5) is 22.6. The topological polar surface area (TPSA) is 63.7 Å². The predicted octanol–water partition coefficient (Wildman–Crippen LogP) is 2.01. The standard InChI is InChI=1S/C11H11NO4P/c13-10-6-7-11(14)12(10)17(15)16-8-9-4-2-1-3-5-9/h1-5H,6-8H2/q+1. The van der Waals surface area contributed by atoms with Crippen molar-refractivity contribution in [2.45, 2.75) is 19.4 Å². The fraction of sp³-hybridized carbons (Fsp3) is 0.273. The first-order chi connectivity index (χ1) is 8.18. The first kappa shape index (κ1) is 11.9. The van der Waals surface area contributed by atoms with Crippen LogP contribution in [0.25, 0.3) is 0 Å². The molecule has 1 heterocycles. The van der Waals surface area contributed by atoms with Crippen LogP contribution < -0.4 is 0 Å². The third kappa shape index (κ3) is 2.75. The number of hydrogen-bond acceptors (Lipinski definition) is 4. The van der Waals surface area contributed by atoms with E-state index in [0.717, 1.165) is 10.2 Å². The number of amides is 2. The van der Waals surface area contributed by atoms with Crippen LogP contribution in [0.2, 0.25) is 0 Å². The van der Waals surface area contributed by atoms with Gasteiger partial charge in [-0.1, -0.05) is 30.3 Å². The molecule has 1 aromatic carbocycles.